The Bertz CT molecular complexity index is 465. The van der Waals surface area contributed by atoms with E-state index in [1.165, 1.54) is 11.1 Å². The number of aromatic nitrogens is 2. The van der Waals surface area contributed by atoms with Crippen molar-refractivity contribution in [2.45, 2.75) is 32.9 Å². The molecule has 1 unspecified atom stereocenters. The fraction of sp³-hybridized carbons (Fsp3) is 0.385. The maximum Gasteiger partial charge on any atom is 0.114 e. The van der Waals surface area contributed by atoms with Gasteiger partial charge in [0.1, 0.15) is 5.01 Å². The number of aryl methyl sites for hydroxylation is 1. The van der Waals surface area contributed by atoms with Gasteiger partial charge in [0.25, 0.3) is 0 Å². The van der Waals surface area contributed by atoms with Crippen LogP contribution in [0.5, 0.6) is 0 Å². The molecular formula is C13H17N3S. The SMILES string of the molecule is Cc1ccncc1C(NC(C)C)c1nccs1. The summed E-state index contributed by atoms with van der Waals surface area (Å²) in [7, 11) is 0. The van der Waals surface area contributed by atoms with Crippen LogP contribution < -0.4 is 5.32 Å². The van der Waals surface area contributed by atoms with Crippen molar-refractivity contribution >= 4 is 11.3 Å². The van der Waals surface area contributed by atoms with Crippen molar-refractivity contribution in [1.29, 1.82) is 0 Å². The van der Waals surface area contributed by atoms with Gasteiger partial charge >= 0.3 is 0 Å². The van der Waals surface area contributed by atoms with E-state index in [0.717, 1.165) is 5.01 Å². The first-order valence-electron chi connectivity index (χ1n) is 5.74. The molecule has 1 N–H and O–H groups in total. The lowest BCUT2D eigenvalue weighted by Gasteiger charge is -2.20. The topological polar surface area (TPSA) is 37.8 Å². The van der Waals surface area contributed by atoms with E-state index in [1.54, 1.807) is 11.3 Å². The molecule has 0 saturated heterocycles. The summed E-state index contributed by atoms with van der Waals surface area (Å²) in [6.45, 7) is 6.40. The molecule has 0 bridgehead atoms. The average Bonchev–Trinajstić information content (AvgIpc) is 2.80. The number of nitrogens with one attached hydrogen (secondary N) is 1. The highest BCUT2D eigenvalue weighted by molar-refractivity contribution is 7.09. The molecule has 2 aromatic heterocycles. The monoisotopic (exact) mass is 247 g/mol. The molecule has 2 heterocycles. The second kappa shape index (κ2) is 5.38. The maximum absolute atomic E-state index is 4.42. The smallest absolute Gasteiger partial charge is 0.114 e. The molecule has 0 aliphatic heterocycles. The molecule has 17 heavy (non-hydrogen) atoms. The summed E-state index contributed by atoms with van der Waals surface area (Å²) < 4.78 is 0. The van der Waals surface area contributed by atoms with Crippen LogP contribution in [0, 0.1) is 6.92 Å². The molecule has 0 aliphatic rings. The summed E-state index contributed by atoms with van der Waals surface area (Å²) in [5.74, 6) is 0. The Morgan fingerprint density at radius 1 is 1.29 bits per heavy atom. The molecule has 1 atom stereocenters. The van der Waals surface area contributed by atoms with E-state index in [9.17, 15) is 0 Å². The molecule has 0 spiro atoms. The predicted molar refractivity (Wildman–Crippen MR) is 71.2 cm³/mol. The first-order chi connectivity index (χ1) is 8.18. The molecule has 0 fully saturated rings. The van der Waals surface area contributed by atoms with Gasteiger partial charge < -0.3 is 5.32 Å². The molecule has 3 nitrogen and oxygen atoms in total. The minimum Gasteiger partial charge on any atom is -0.302 e. The number of hydrogen-bond donors (Lipinski definition) is 1. The van der Waals surface area contributed by atoms with E-state index in [2.05, 4.69) is 36.1 Å². The number of pyridine rings is 1. The lowest BCUT2D eigenvalue weighted by Crippen LogP contribution is -2.29. The zero-order chi connectivity index (χ0) is 12.3. The van der Waals surface area contributed by atoms with E-state index in [1.807, 2.05) is 30.0 Å². The summed E-state index contributed by atoms with van der Waals surface area (Å²) in [5.41, 5.74) is 2.45. The predicted octanol–water partition coefficient (Wildman–Crippen LogP) is 2.93. The number of rotatable bonds is 4. The van der Waals surface area contributed by atoms with Crippen molar-refractivity contribution in [2.24, 2.45) is 0 Å². The van der Waals surface area contributed by atoms with E-state index >= 15 is 0 Å². The fourth-order valence-corrected chi connectivity index (χ4v) is 2.50. The number of thiazole rings is 1. The van der Waals surface area contributed by atoms with Crippen LogP contribution in [0.2, 0.25) is 0 Å². The summed E-state index contributed by atoms with van der Waals surface area (Å²) in [5, 5.41) is 6.65. The van der Waals surface area contributed by atoms with Gasteiger partial charge in [0.2, 0.25) is 0 Å². The highest BCUT2D eigenvalue weighted by Crippen LogP contribution is 2.26. The Morgan fingerprint density at radius 3 is 2.71 bits per heavy atom. The third-order valence-corrected chi connectivity index (χ3v) is 3.43. The van der Waals surface area contributed by atoms with Crippen LogP contribution >= 0.6 is 11.3 Å². The van der Waals surface area contributed by atoms with Crippen molar-refractivity contribution < 1.29 is 0 Å². The van der Waals surface area contributed by atoms with Gasteiger partial charge in [-0.15, -0.1) is 11.3 Å². The van der Waals surface area contributed by atoms with Crippen LogP contribution in [0.4, 0.5) is 0 Å². The van der Waals surface area contributed by atoms with Crippen molar-refractivity contribution in [1.82, 2.24) is 15.3 Å². The Hall–Kier alpha value is -1.26. The molecule has 0 amide bonds. The Kier molecular flexibility index (Phi) is 3.86. The second-order valence-corrected chi connectivity index (χ2v) is 5.28. The summed E-state index contributed by atoms with van der Waals surface area (Å²) in [4.78, 5) is 8.64. The second-order valence-electron chi connectivity index (χ2n) is 4.36. The highest BCUT2D eigenvalue weighted by atomic mass is 32.1. The Labute approximate surface area is 106 Å². The molecule has 0 aromatic carbocycles. The molecule has 2 aromatic rings. The van der Waals surface area contributed by atoms with E-state index < -0.39 is 0 Å². The molecule has 90 valence electrons. The van der Waals surface area contributed by atoms with Gasteiger partial charge in [-0.3, -0.25) is 4.98 Å². The summed E-state index contributed by atoms with van der Waals surface area (Å²) in [6, 6.07) is 2.59. The Balaban J connectivity index is 2.37. The van der Waals surface area contributed by atoms with Gasteiger partial charge in [0.15, 0.2) is 0 Å². The van der Waals surface area contributed by atoms with Crippen LogP contribution in [-0.4, -0.2) is 16.0 Å². The van der Waals surface area contributed by atoms with E-state index in [4.69, 9.17) is 0 Å². The molecule has 0 radical (unpaired) electrons. The van der Waals surface area contributed by atoms with Gasteiger partial charge in [0.05, 0.1) is 6.04 Å². The van der Waals surface area contributed by atoms with Gasteiger partial charge in [-0.1, -0.05) is 0 Å². The third-order valence-electron chi connectivity index (χ3n) is 2.59. The van der Waals surface area contributed by atoms with Gasteiger partial charge in [0, 0.05) is 30.0 Å². The number of nitrogens with zero attached hydrogens (tertiary/aromatic N) is 2. The molecule has 4 heteroatoms. The maximum atomic E-state index is 4.42. The standard InChI is InChI=1S/C13H17N3S/c1-9(2)16-12(13-15-6-7-17-13)11-8-14-5-4-10(11)3/h4-9,12,16H,1-3H3. The van der Waals surface area contributed by atoms with Gasteiger partial charge in [-0.2, -0.15) is 0 Å². The van der Waals surface area contributed by atoms with Crippen molar-refractivity contribution in [3.63, 3.8) is 0 Å². The van der Waals surface area contributed by atoms with Crippen molar-refractivity contribution in [3.05, 3.63) is 46.2 Å². The van der Waals surface area contributed by atoms with E-state index in [0.29, 0.717) is 6.04 Å². The van der Waals surface area contributed by atoms with Crippen LogP contribution in [-0.2, 0) is 0 Å². The lowest BCUT2D eigenvalue weighted by atomic mass is 10.0. The van der Waals surface area contributed by atoms with Crippen LogP contribution in [0.3, 0.4) is 0 Å². The average molecular weight is 247 g/mol. The molecule has 2 rings (SSSR count). The molecule has 0 aliphatic carbocycles. The van der Waals surface area contributed by atoms with Crippen molar-refractivity contribution in [3.8, 4) is 0 Å². The van der Waals surface area contributed by atoms with Crippen molar-refractivity contribution in [2.75, 3.05) is 0 Å². The minimum absolute atomic E-state index is 0.142. The fourth-order valence-electron chi connectivity index (χ4n) is 1.78. The lowest BCUT2D eigenvalue weighted by molar-refractivity contribution is 0.524. The largest absolute Gasteiger partial charge is 0.302 e. The molecular weight excluding hydrogens is 230 g/mol. The highest BCUT2D eigenvalue weighted by Gasteiger charge is 2.19. The Morgan fingerprint density at radius 2 is 2.12 bits per heavy atom. The first-order valence-corrected chi connectivity index (χ1v) is 6.62. The van der Waals surface area contributed by atoms with Gasteiger partial charge in [-0.25, -0.2) is 4.98 Å². The van der Waals surface area contributed by atoms with Gasteiger partial charge in [-0.05, 0) is 38.0 Å². The zero-order valence-electron chi connectivity index (χ0n) is 10.3. The quantitative estimate of drug-likeness (QED) is 0.902. The van der Waals surface area contributed by atoms with E-state index in [-0.39, 0.29) is 6.04 Å². The van der Waals surface area contributed by atoms with Crippen LogP contribution in [0.15, 0.2) is 30.0 Å². The number of hydrogen-bond acceptors (Lipinski definition) is 4. The summed E-state index contributed by atoms with van der Waals surface area (Å²) >= 11 is 1.68. The molecule has 0 saturated carbocycles. The normalized spacial score (nSPS) is 12.9. The minimum atomic E-state index is 0.142. The zero-order valence-corrected chi connectivity index (χ0v) is 11.2. The summed E-state index contributed by atoms with van der Waals surface area (Å²) in [6.07, 6.45) is 5.60. The van der Waals surface area contributed by atoms with Crippen LogP contribution in [0.25, 0.3) is 0 Å². The third kappa shape index (κ3) is 2.90. The van der Waals surface area contributed by atoms with Crippen LogP contribution in [0.1, 0.15) is 36.0 Å². The first kappa shape index (κ1) is 12.2.